The minimum atomic E-state index is -3.75. The number of hydrogen-bond acceptors (Lipinski definition) is 4. The molecule has 1 aliphatic heterocycles. The minimum Gasteiger partial charge on any atom is -0.207 e. The Kier molecular flexibility index (Phi) is 5.93. The molecule has 1 fully saturated rings. The van der Waals surface area contributed by atoms with Crippen molar-refractivity contribution in [3.8, 4) is 0 Å². The summed E-state index contributed by atoms with van der Waals surface area (Å²) in [5.74, 6) is 0. The lowest BCUT2D eigenvalue weighted by Crippen LogP contribution is -2.28. The number of benzene rings is 2. The molecule has 0 amide bonds. The lowest BCUT2D eigenvalue weighted by Gasteiger charge is -2.18. The van der Waals surface area contributed by atoms with Gasteiger partial charge in [-0.3, -0.25) is 0 Å². The van der Waals surface area contributed by atoms with Crippen LogP contribution in [0.2, 0.25) is 5.02 Å². The zero-order chi connectivity index (χ0) is 19.7. The zero-order valence-corrected chi connectivity index (χ0v) is 17.3. The van der Waals surface area contributed by atoms with Gasteiger partial charge in [-0.15, -0.1) is 0 Å². The van der Waals surface area contributed by atoms with Crippen LogP contribution in [-0.4, -0.2) is 45.6 Å². The summed E-state index contributed by atoms with van der Waals surface area (Å²) >= 11 is 5.94. The molecule has 146 valence electrons. The van der Waals surface area contributed by atoms with Gasteiger partial charge in [-0.25, -0.2) is 16.8 Å². The van der Waals surface area contributed by atoms with Crippen LogP contribution in [0.15, 0.2) is 58.3 Å². The topological polar surface area (TPSA) is 74.8 Å². The molecule has 0 N–H and O–H groups in total. The van der Waals surface area contributed by atoms with Crippen molar-refractivity contribution < 1.29 is 16.8 Å². The molecule has 27 heavy (non-hydrogen) atoms. The molecule has 0 saturated carbocycles. The fourth-order valence-corrected chi connectivity index (χ4v) is 5.91. The van der Waals surface area contributed by atoms with Gasteiger partial charge in [0.05, 0.1) is 9.79 Å². The predicted molar refractivity (Wildman–Crippen MR) is 105 cm³/mol. The van der Waals surface area contributed by atoms with E-state index in [-0.39, 0.29) is 16.3 Å². The van der Waals surface area contributed by atoms with Crippen molar-refractivity contribution in [3.05, 3.63) is 59.1 Å². The summed E-state index contributed by atoms with van der Waals surface area (Å²) in [4.78, 5) is 0.160. The molecule has 0 spiro atoms. The maximum absolute atomic E-state index is 12.8. The quantitative estimate of drug-likeness (QED) is 0.708. The maximum atomic E-state index is 12.8. The van der Waals surface area contributed by atoms with Crippen LogP contribution in [0.3, 0.4) is 0 Å². The highest BCUT2D eigenvalue weighted by Crippen LogP contribution is 2.24. The van der Waals surface area contributed by atoms with Crippen LogP contribution in [0.25, 0.3) is 0 Å². The van der Waals surface area contributed by atoms with E-state index in [1.54, 1.807) is 24.3 Å². The SMILES string of the molecule is CN(Cc1cccc(Cl)c1)S(=O)(=O)c1ccc(S(=O)(=O)N2CCCC2)cc1. The fourth-order valence-electron chi connectivity index (χ4n) is 3.02. The number of halogens is 1. The molecule has 0 aliphatic carbocycles. The van der Waals surface area contributed by atoms with Crippen molar-refractivity contribution in [2.75, 3.05) is 20.1 Å². The van der Waals surface area contributed by atoms with Gasteiger partial charge >= 0.3 is 0 Å². The van der Waals surface area contributed by atoms with E-state index in [0.717, 1.165) is 18.4 Å². The molecule has 2 aromatic rings. The highest BCUT2D eigenvalue weighted by atomic mass is 35.5. The minimum absolute atomic E-state index is 0.0485. The van der Waals surface area contributed by atoms with Crippen molar-refractivity contribution in [2.45, 2.75) is 29.2 Å². The van der Waals surface area contributed by atoms with E-state index >= 15 is 0 Å². The highest BCUT2D eigenvalue weighted by molar-refractivity contribution is 7.89. The third-order valence-electron chi connectivity index (χ3n) is 4.53. The van der Waals surface area contributed by atoms with Crippen LogP contribution in [0.1, 0.15) is 18.4 Å². The molecule has 0 aromatic heterocycles. The number of rotatable bonds is 6. The van der Waals surface area contributed by atoms with Crippen molar-refractivity contribution in [3.63, 3.8) is 0 Å². The van der Waals surface area contributed by atoms with E-state index < -0.39 is 20.0 Å². The van der Waals surface area contributed by atoms with Gasteiger partial charge in [0.1, 0.15) is 0 Å². The Morgan fingerprint density at radius 2 is 1.56 bits per heavy atom. The van der Waals surface area contributed by atoms with Gasteiger partial charge in [0.25, 0.3) is 0 Å². The van der Waals surface area contributed by atoms with Crippen molar-refractivity contribution >= 4 is 31.6 Å². The number of sulfonamides is 2. The second kappa shape index (κ2) is 7.89. The molecule has 9 heteroatoms. The van der Waals surface area contributed by atoms with Crippen LogP contribution in [0.4, 0.5) is 0 Å². The molecule has 1 aliphatic rings. The first-order chi connectivity index (χ1) is 12.7. The van der Waals surface area contributed by atoms with Crippen molar-refractivity contribution in [2.24, 2.45) is 0 Å². The third-order valence-corrected chi connectivity index (χ3v) is 8.49. The second-order valence-corrected chi connectivity index (χ2v) is 10.9. The molecule has 1 saturated heterocycles. The summed E-state index contributed by atoms with van der Waals surface area (Å²) in [6.45, 7) is 1.17. The molecule has 2 aromatic carbocycles. The van der Waals surface area contributed by atoms with Gasteiger partial charge in [-0.1, -0.05) is 23.7 Å². The third kappa shape index (κ3) is 4.35. The van der Waals surface area contributed by atoms with Gasteiger partial charge in [-0.05, 0) is 54.8 Å². The van der Waals surface area contributed by atoms with Crippen LogP contribution in [-0.2, 0) is 26.6 Å². The van der Waals surface area contributed by atoms with E-state index in [2.05, 4.69) is 0 Å². The monoisotopic (exact) mass is 428 g/mol. The Bertz CT molecular complexity index is 1020. The standard InChI is InChI=1S/C18H21ClN2O4S2/c1-20(14-15-5-4-6-16(19)13-15)26(22,23)17-7-9-18(10-8-17)27(24,25)21-11-2-3-12-21/h4-10,13H,2-3,11-12,14H2,1H3. The lowest BCUT2D eigenvalue weighted by molar-refractivity contribution is 0.466. The Morgan fingerprint density at radius 1 is 0.963 bits per heavy atom. The maximum Gasteiger partial charge on any atom is 0.243 e. The molecule has 0 unspecified atom stereocenters. The predicted octanol–water partition coefficient (Wildman–Crippen LogP) is 2.95. The van der Waals surface area contributed by atoms with Crippen LogP contribution >= 0.6 is 11.6 Å². The van der Waals surface area contributed by atoms with E-state index in [1.807, 2.05) is 0 Å². The molecular formula is C18H21ClN2O4S2. The highest BCUT2D eigenvalue weighted by Gasteiger charge is 2.28. The molecule has 6 nitrogen and oxygen atoms in total. The number of nitrogens with zero attached hydrogens (tertiary/aromatic N) is 2. The molecule has 0 radical (unpaired) electrons. The van der Waals surface area contributed by atoms with Gasteiger partial charge in [-0.2, -0.15) is 8.61 Å². The lowest BCUT2D eigenvalue weighted by atomic mass is 10.2. The normalized spacial score (nSPS) is 16.1. The summed E-state index contributed by atoms with van der Waals surface area (Å²) in [5.41, 5.74) is 0.766. The Hall–Kier alpha value is -1.45. The smallest absolute Gasteiger partial charge is 0.207 e. The zero-order valence-electron chi connectivity index (χ0n) is 14.9. The van der Waals surface area contributed by atoms with Gasteiger partial charge in [0.15, 0.2) is 0 Å². The first-order valence-electron chi connectivity index (χ1n) is 8.52. The largest absolute Gasteiger partial charge is 0.243 e. The second-order valence-electron chi connectivity index (χ2n) is 6.47. The Morgan fingerprint density at radius 3 is 2.15 bits per heavy atom. The van der Waals surface area contributed by atoms with Crippen molar-refractivity contribution in [1.29, 1.82) is 0 Å². The van der Waals surface area contributed by atoms with Gasteiger partial charge < -0.3 is 0 Å². The summed E-state index contributed by atoms with van der Waals surface area (Å²) in [7, 11) is -5.84. The summed E-state index contributed by atoms with van der Waals surface area (Å²) < 4.78 is 53.3. The first-order valence-corrected chi connectivity index (χ1v) is 11.8. The molecule has 0 bridgehead atoms. The van der Waals surface area contributed by atoms with Gasteiger partial charge in [0.2, 0.25) is 20.0 Å². The average Bonchev–Trinajstić information content (AvgIpc) is 3.17. The number of hydrogen-bond donors (Lipinski definition) is 0. The van der Waals surface area contributed by atoms with Crippen LogP contribution in [0, 0.1) is 0 Å². The van der Waals surface area contributed by atoms with E-state index in [1.165, 1.54) is 39.9 Å². The van der Waals surface area contributed by atoms with E-state index in [9.17, 15) is 16.8 Å². The van der Waals surface area contributed by atoms with E-state index in [0.29, 0.717) is 18.1 Å². The van der Waals surface area contributed by atoms with Crippen LogP contribution < -0.4 is 0 Å². The molecule has 3 rings (SSSR count). The molecule has 1 heterocycles. The summed E-state index contributed by atoms with van der Waals surface area (Å²) in [6, 6.07) is 12.4. The van der Waals surface area contributed by atoms with Crippen molar-refractivity contribution in [1.82, 2.24) is 8.61 Å². The van der Waals surface area contributed by atoms with Crippen LogP contribution in [0.5, 0.6) is 0 Å². The Balaban J connectivity index is 1.80. The van der Waals surface area contributed by atoms with Gasteiger partial charge in [0, 0.05) is 31.7 Å². The molecular weight excluding hydrogens is 408 g/mol. The molecule has 0 atom stereocenters. The van der Waals surface area contributed by atoms with E-state index in [4.69, 9.17) is 11.6 Å². The Labute approximate surface area is 165 Å². The fraction of sp³-hybridized carbons (Fsp3) is 0.333. The summed E-state index contributed by atoms with van der Waals surface area (Å²) in [6.07, 6.45) is 1.69. The summed E-state index contributed by atoms with van der Waals surface area (Å²) in [5, 5.41) is 0.537. The average molecular weight is 429 g/mol. The first kappa shape index (κ1) is 20.3.